The van der Waals surface area contributed by atoms with Crippen LogP contribution in [0, 0.1) is 11.7 Å². The Morgan fingerprint density at radius 3 is 2.40 bits per heavy atom. The number of nitrogens with one attached hydrogen (secondary N) is 1. The summed E-state index contributed by atoms with van der Waals surface area (Å²) in [5, 5.41) is 13.3. The number of piperidine rings is 1. The molecule has 0 bridgehead atoms. The summed E-state index contributed by atoms with van der Waals surface area (Å²) in [6.45, 7) is 1.92. The lowest BCUT2D eigenvalue weighted by Crippen LogP contribution is -2.30. The first kappa shape index (κ1) is 10.6. The first-order chi connectivity index (χ1) is 7.27. The highest BCUT2D eigenvalue weighted by Crippen LogP contribution is 2.28. The minimum Gasteiger partial charge on any atom is -0.388 e. The van der Waals surface area contributed by atoms with Gasteiger partial charge in [0.2, 0.25) is 0 Å². The molecule has 1 aliphatic heterocycles. The van der Waals surface area contributed by atoms with Gasteiger partial charge in [0.25, 0.3) is 0 Å². The Bertz CT molecular complexity index is 306. The molecule has 1 fully saturated rings. The second-order valence-corrected chi connectivity index (χ2v) is 4.08. The van der Waals surface area contributed by atoms with Gasteiger partial charge in [0.05, 0.1) is 6.10 Å². The van der Waals surface area contributed by atoms with Crippen LogP contribution >= 0.6 is 0 Å². The minimum atomic E-state index is -0.451. The van der Waals surface area contributed by atoms with E-state index in [1.807, 2.05) is 0 Å². The molecule has 1 unspecified atom stereocenters. The van der Waals surface area contributed by atoms with Crippen LogP contribution in [-0.4, -0.2) is 18.2 Å². The first-order valence-corrected chi connectivity index (χ1v) is 5.41. The maximum Gasteiger partial charge on any atom is 0.123 e. The number of hydrogen-bond donors (Lipinski definition) is 2. The van der Waals surface area contributed by atoms with Crippen molar-refractivity contribution in [3.8, 4) is 0 Å². The van der Waals surface area contributed by atoms with E-state index in [2.05, 4.69) is 5.32 Å². The van der Waals surface area contributed by atoms with Crippen molar-refractivity contribution >= 4 is 0 Å². The molecule has 0 saturated carbocycles. The Balaban J connectivity index is 2.05. The lowest BCUT2D eigenvalue weighted by atomic mass is 9.88. The topological polar surface area (TPSA) is 32.3 Å². The van der Waals surface area contributed by atoms with Gasteiger partial charge < -0.3 is 10.4 Å². The van der Waals surface area contributed by atoms with Gasteiger partial charge in [-0.2, -0.15) is 0 Å². The SMILES string of the molecule is OC(c1ccc(F)cc1)C1CCNCC1. The Labute approximate surface area is 89.1 Å². The third kappa shape index (κ3) is 2.55. The summed E-state index contributed by atoms with van der Waals surface area (Å²) in [6.07, 6.45) is 1.52. The largest absolute Gasteiger partial charge is 0.388 e. The molecule has 2 N–H and O–H groups in total. The normalized spacial score (nSPS) is 20.1. The molecule has 0 amide bonds. The Morgan fingerprint density at radius 1 is 1.20 bits per heavy atom. The number of aliphatic hydroxyl groups is 1. The fourth-order valence-corrected chi connectivity index (χ4v) is 2.09. The zero-order valence-corrected chi connectivity index (χ0v) is 8.62. The average Bonchev–Trinajstić information content (AvgIpc) is 2.30. The molecule has 0 aliphatic carbocycles. The van der Waals surface area contributed by atoms with Crippen molar-refractivity contribution in [2.45, 2.75) is 18.9 Å². The average molecular weight is 209 g/mol. The smallest absolute Gasteiger partial charge is 0.123 e. The molecule has 1 atom stereocenters. The van der Waals surface area contributed by atoms with Crippen molar-refractivity contribution < 1.29 is 9.50 Å². The predicted molar refractivity (Wildman–Crippen MR) is 57.0 cm³/mol. The summed E-state index contributed by atoms with van der Waals surface area (Å²) in [5.41, 5.74) is 0.823. The van der Waals surface area contributed by atoms with Gasteiger partial charge in [-0.3, -0.25) is 0 Å². The van der Waals surface area contributed by atoms with E-state index in [9.17, 15) is 9.50 Å². The van der Waals surface area contributed by atoms with Gasteiger partial charge in [-0.15, -0.1) is 0 Å². The van der Waals surface area contributed by atoms with Crippen LogP contribution in [0.2, 0.25) is 0 Å². The van der Waals surface area contributed by atoms with Crippen molar-refractivity contribution in [2.24, 2.45) is 5.92 Å². The molecule has 0 radical (unpaired) electrons. The zero-order chi connectivity index (χ0) is 10.7. The summed E-state index contributed by atoms with van der Waals surface area (Å²) in [7, 11) is 0. The zero-order valence-electron chi connectivity index (χ0n) is 8.62. The fourth-order valence-electron chi connectivity index (χ4n) is 2.09. The standard InChI is InChI=1S/C12H16FNO/c13-11-3-1-9(2-4-11)12(15)10-5-7-14-8-6-10/h1-4,10,12,14-15H,5-8H2. The molecule has 0 aromatic heterocycles. The number of hydrogen-bond acceptors (Lipinski definition) is 2. The van der Waals surface area contributed by atoms with E-state index >= 15 is 0 Å². The predicted octanol–water partition coefficient (Wildman–Crippen LogP) is 1.86. The Hall–Kier alpha value is -0.930. The van der Waals surface area contributed by atoms with Gasteiger partial charge in [-0.1, -0.05) is 12.1 Å². The molecular formula is C12H16FNO. The number of halogens is 1. The molecule has 82 valence electrons. The van der Waals surface area contributed by atoms with Crippen molar-refractivity contribution in [1.29, 1.82) is 0 Å². The van der Waals surface area contributed by atoms with Crippen LogP contribution in [0.5, 0.6) is 0 Å². The third-order valence-electron chi connectivity index (χ3n) is 3.04. The second-order valence-electron chi connectivity index (χ2n) is 4.08. The van der Waals surface area contributed by atoms with Crippen LogP contribution in [-0.2, 0) is 0 Å². The minimum absolute atomic E-state index is 0.253. The molecule has 3 heteroatoms. The molecule has 1 aliphatic rings. The number of aliphatic hydroxyl groups excluding tert-OH is 1. The molecule has 0 spiro atoms. The molecule has 1 heterocycles. The Kier molecular flexibility index (Phi) is 3.34. The van der Waals surface area contributed by atoms with Crippen molar-refractivity contribution in [3.63, 3.8) is 0 Å². The van der Waals surface area contributed by atoms with Crippen LogP contribution in [0.3, 0.4) is 0 Å². The maximum atomic E-state index is 12.7. The van der Waals surface area contributed by atoms with Crippen LogP contribution in [0.25, 0.3) is 0 Å². The van der Waals surface area contributed by atoms with Crippen molar-refractivity contribution in [1.82, 2.24) is 5.32 Å². The van der Waals surface area contributed by atoms with Gasteiger partial charge >= 0.3 is 0 Å². The van der Waals surface area contributed by atoms with E-state index in [1.54, 1.807) is 12.1 Å². The van der Waals surface area contributed by atoms with Gasteiger partial charge in [-0.25, -0.2) is 4.39 Å². The second kappa shape index (κ2) is 4.73. The van der Waals surface area contributed by atoms with E-state index in [0.717, 1.165) is 31.5 Å². The molecule has 2 rings (SSSR count). The van der Waals surface area contributed by atoms with Crippen molar-refractivity contribution in [2.75, 3.05) is 13.1 Å². The third-order valence-corrected chi connectivity index (χ3v) is 3.04. The number of benzene rings is 1. The highest BCUT2D eigenvalue weighted by molar-refractivity contribution is 5.19. The van der Waals surface area contributed by atoms with Crippen LogP contribution in [0.4, 0.5) is 4.39 Å². The van der Waals surface area contributed by atoms with E-state index in [-0.39, 0.29) is 5.82 Å². The monoisotopic (exact) mass is 209 g/mol. The van der Waals surface area contributed by atoms with Crippen LogP contribution in [0.1, 0.15) is 24.5 Å². The van der Waals surface area contributed by atoms with E-state index in [0.29, 0.717) is 5.92 Å². The molecule has 1 saturated heterocycles. The summed E-state index contributed by atoms with van der Waals surface area (Å²) < 4.78 is 12.7. The van der Waals surface area contributed by atoms with Gasteiger partial charge in [-0.05, 0) is 49.5 Å². The quantitative estimate of drug-likeness (QED) is 0.779. The lowest BCUT2D eigenvalue weighted by molar-refractivity contribution is 0.0889. The molecule has 1 aromatic rings. The fraction of sp³-hybridized carbons (Fsp3) is 0.500. The van der Waals surface area contributed by atoms with E-state index < -0.39 is 6.10 Å². The van der Waals surface area contributed by atoms with Crippen molar-refractivity contribution in [3.05, 3.63) is 35.6 Å². The molecule has 1 aromatic carbocycles. The molecule has 2 nitrogen and oxygen atoms in total. The highest BCUT2D eigenvalue weighted by atomic mass is 19.1. The Morgan fingerprint density at radius 2 is 1.80 bits per heavy atom. The summed E-state index contributed by atoms with van der Waals surface area (Å²) >= 11 is 0. The first-order valence-electron chi connectivity index (χ1n) is 5.41. The highest BCUT2D eigenvalue weighted by Gasteiger charge is 2.22. The van der Waals surface area contributed by atoms with E-state index in [1.165, 1.54) is 12.1 Å². The van der Waals surface area contributed by atoms with Gasteiger partial charge in [0, 0.05) is 0 Å². The summed E-state index contributed by atoms with van der Waals surface area (Å²) in [4.78, 5) is 0. The lowest BCUT2D eigenvalue weighted by Gasteiger charge is -2.27. The van der Waals surface area contributed by atoms with E-state index in [4.69, 9.17) is 0 Å². The van der Waals surface area contributed by atoms with Crippen LogP contribution < -0.4 is 5.32 Å². The summed E-state index contributed by atoms with van der Waals surface area (Å²) in [6, 6.07) is 6.14. The maximum absolute atomic E-state index is 12.7. The summed E-state index contributed by atoms with van der Waals surface area (Å²) in [5.74, 6) is 0.0490. The number of rotatable bonds is 2. The van der Waals surface area contributed by atoms with Crippen LogP contribution in [0.15, 0.2) is 24.3 Å². The molecular weight excluding hydrogens is 193 g/mol. The van der Waals surface area contributed by atoms with Gasteiger partial charge in [0.1, 0.15) is 5.82 Å². The van der Waals surface area contributed by atoms with Gasteiger partial charge in [0.15, 0.2) is 0 Å². The molecule has 15 heavy (non-hydrogen) atoms.